The Morgan fingerprint density at radius 3 is 2.71 bits per heavy atom. The highest BCUT2D eigenvalue weighted by molar-refractivity contribution is 7.99. The zero-order valence-corrected chi connectivity index (χ0v) is 20.5. The fraction of sp³-hybridized carbons (Fsp3) is 0.480. The van der Waals surface area contributed by atoms with E-state index in [0.29, 0.717) is 0 Å². The van der Waals surface area contributed by atoms with Crippen LogP contribution in [-0.4, -0.2) is 36.2 Å². The largest absolute Gasteiger partial charge is 0.491 e. The Balaban J connectivity index is 2.00. The van der Waals surface area contributed by atoms with Gasteiger partial charge in [0.2, 0.25) is 0 Å². The topological polar surface area (TPSA) is 49.8 Å². The molecule has 1 aliphatic heterocycles. The first-order chi connectivity index (χ1) is 14.9. The lowest BCUT2D eigenvalue weighted by atomic mass is 9.86. The van der Waals surface area contributed by atoms with Crippen LogP contribution in [0.15, 0.2) is 52.3 Å². The highest BCUT2D eigenvalue weighted by Gasteiger charge is 2.33. The van der Waals surface area contributed by atoms with Gasteiger partial charge in [-0.2, -0.15) is 0 Å². The summed E-state index contributed by atoms with van der Waals surface area (Å²) in [5.41, 5.74) is 2.61. The van der Waals surface area contributed by atoms with Gasteiger partial charge in [-0.1, -0.05) is 44.9 Å². The first-order valence-corrected chi connectivity index (χ1v) is 13.1. The summed E-state index contributed by atoms with van der Waals surface area (Å²) in [6.07, 6.45) is 5.67. The number of thioether (sulfide) groups is 2. The number of benzene rings is 2. The van der Waals surface area contributed by atoms with Gasteiger partial charge >= 0.3 is 5.97 Å². The number of anilines is 2. The standard InChI is InChI=1S/C25H33NO3S2/c1-5-6-12-25(3)16-26(19-10-8-7-9-11-19)20-13-23(30-4)21(14-22(20)31-17-25)29-15-18(2)24(27)28/h7-11,13-14,18H,5-6,12,15-17H2,1-4H3,(H,27,28)/t18?,25-/m0/s1. The molecule has 0 fully saturated rings. The highest BCUT2D eigenvalue weighted by atomic mass is 32.2. The Labute approximate surface area is 194 Å². The van der Waals surface area contributed by atoms with Gasteiger partial charge in [0.15, 0.2) is 0 Å². The van der Waals surface area contributed by atoms with E-state index in [0.717, 1.165) is 22.9 Å². The van der Waals surface area contributed by atoms with Crippen LogP contribution in [0, 0.1) is 11.3 Å². The lowest BCUT2D eigenvalue weighted by Crippen LogP contribution is -2.33. The Morgan fingerprint density at radius 2 is 2.06 bits per heavy atom. The van der Waals surface area contributed by atoms with Crippen LogP contribution in [0.25, 0.3) is 0 Å². The number of hydrogen-bond donors (Lipinski definition) is 1. The van der Waals surface area contributed by atoms with Crippen molar-refractivity contribution in [3.63, 3.8) is 0 Å². The van der Waals surface area contributed by atoms with E-state index in [1.807, 2.05) is 18.0 Å². The van der Waals surface area contributed by atoms with Gasteiger partial charge in [0.05, 0.1) is 16.5 Å². The minimum Gasteiger partial charge on any atom is -0.491 e. The van der Waals surface area contributed by atoms with E-state index in [4.69, 9.17) is 4.74 Å². The van der Waals surface area contributed by atoms with Gasteiger partial charge in [-0.3, -0.25) is 4.79 Å². The maximum Gasteiger partial charge on any atom is 0.309 e. The number of hydrogen-bond acceptors (Lipinski definition) is 5. The number of ether oxygens (including phenoxy) is 1. The lowest BCUT2D eigenvalue weighted by Gasteiger charge is -2.34. The third-order valence-electron chi connectivity index (χ3n) is 5.76. The molecular formula is C25H33NO3S2. The number of carboxylic acid groups (broad SMARTS) is 1. The molecule has 2 atom stereocenters. The van der Waals surface area contributed by atoms with Crippen molar-refractivity contribution in [2.75, 3.05) is 30.1 Å². The average molecular weight is 460 g/mol. The first kappa shape index (κ1) is 23.9. The first-order valence-electron chi connectivity index (χ1n) is 10.9. The smallest absolute Gasteiger partial charge is 0.309 e. The van der Waals surface area contributed by atoms with Crippen LogP contribution in [-0.2, 0) is 4.79 Å². The quantitative estimate of drug-likeness (QED) is 0.410. The maximum absolute atomic E-state index is 11.2. The van der Waals surface area contributed by atoms with Crippen molar-refractivity contribution in [3.8, 4) is 5.75 Å². The number of nitrogens with zero attached hydrogens (tertiary/aromatic N) is 1. The molecule has 0 aliphatic carbocycles. The van der Waals surface area contributed by atoms with Gasteiger partial charge in [0.25, 0.3) is 0 Å². The fourth-order valence-corrected chi connectivity index (χ4v) is 5.57. The molecular weight excluding hydrogens is 426 g/mol. The summed E-state index contributed by atoms with van der Waals surface area (Å²) in [6.45, 7) is 7.47. The number of carbonyl (C=O) groups is 1. The molecule has 1 N–H and O–H groups in total. The minimum absolute atomic E-state index is 0.170. The van der Waals surface area contributed by atoms with E-state index in [-0.39, 0.29) is 12.0 Å². The minimum atomic E-state index is -0.836. The molecule has 0 radical (unpaired) electrons. The van der Waals surface area contributed by atoms with E-state index >= 15 is 0 Å². The molecule has 0 saturated carbocycles. The third-order valence-corrected chi connectivity index (χ3v) is 8.00. The van der Waals surface area contributed by atoms with E-state index < -0.39 is 11.9 Å². The summed E-state index contributed by atoms with van der Waals surface area (Å²) in [6, 6.07) is 14.9. The van der Waals surface area contributed by atoms with Crippen LogP contribution in [0.4, 0.5) is 11.4 Å². The van der Waals surface area contributed by atoms with Crippen LogP contribution < -0.4 is 9.64 Å². The summed E-state index contributed by atoms with van der Waals surface area (Å²) < 4.78 is 5.98. The molecule has 0 saturated heterocycles. The van der Waals surface area contributed by atoms with Gasteiger partial charge in [-0.05, 0) is 49.3 Å². The van der Waals surface area contributed by atoms with Gasteiger partial charge in [0, 0.05) is 22.9 Å². The molecule has 2 aromatic rings. The van der Waals surface area contributed by atoms with Crippen molar-refractivity contribution in [3.05, 3.63) is 42.5 Å². The zero-order valence-electron chi connectivity index (χ0n) is 18.9. The molecule has 31 heavy (non-hydrogen) atoms. The summed E-state index contributed by atoms with van der Waals surface area (Å²) in [5, 5.41) is 9.21. The molecule has 6 heteroatoms. The van der Waals surface area contributed by atoms with Crippen LogP contribution in [0.5, 0.6) is 5.75 Å². The van der Waals surface area contributed by atoms with Crippen LogP contribution >= 0.6 is 23.5 Å². The van der Waals surface area contributed by atoms with Crippen molar-refractivity contribution in [2.45, 2.75) is 49.8 Å². The van der Waals surface area contributed by atoms with Crippen molar-refractivity contribution >= 4 is 40.9 Å². The summed E-state index contributed by atoms with van der Waals surface area (Å²) >= 11 is 3.53. The molecule has 0 spiro atoms. The molecule has 1 unspecified atom stereocenters. The summed E-state index contributed by atoms with van der Waals surface area (Å²) in [7, 11) is 0. The molecule has 168 valence electrons. The number of fused-ring (bicyclic) bond motifs is 1. The SMILES string of the molecule is CCCC[C@]1(C)CSc2cc(OCC(C)C(=O)O)c(SC)cc2N(c2ccccc2)C1. The molecule has 2 aromatic carbocycles. The molecule has 0 aromatic heterocycles. The second kappa shape index (κ2) is 10.7. The lowest BCUT2D eigenvalue weighted by molar-refractivity contribution is -0.142. The predicted molar refractivity (Wildman–Crippen MR) is 132 cm³/mol. The zero-order chi connectivity index (χ0) is 22.4. The van der Waals surface area contributed by atoms with Gasteiger partial charge < -0.3 is 14.7 Å². The normalized spacial score (nSPS) is 19.4. The second-order valence-electron chi connectivity index (χ2n) is 8.65. The molecule has 4 nitrogen and oxygen atoms in total. The van der Waals surface area contributed by atoms with Gasteiger partial charge in [0.1, 0.15) is 12.4 Å². The Bertz CT molecular complexity index is 890. The number of carboxylic acids is 1. The fourth-order valence-electron chi connectivity index (χ4n) is 3.77. The molecule has 1 heterocycles. The van der Waals surface area contributed by atoms with E-state index in [1.54, 1.807) is 18.7 Å². The monoisotopic (exact) mass is 459 g/mol. The Hall–Kier alpha value is -1.79. The van der Waals surface area contributed by atoms with Crippen molar-refractivity contribution in [2.24, 2.45) is 11.3 Å². The summed E-state index contributed by atoms with van der Waals surface area (Å²) in [5.74, 6) is 0.445. The Kier molecular flexibility index (Phi) is 8.23. The number of aliphatic carboxylic acids is 1. The van der Waals surface area contributed by atoms with Crippen molar-refractivity contribution < 1.29 is 14.6 Å². The highest BCUT2D eigenvalue weighted by Crippen LogP contribution is 2.48. The number of unbranched alkanes of at least 4 members (excludes halogenated alkanes) is 1. The molecule has 3 rings (SSSR count). The molecule has 1 aliphatic rings. The van der Waals surface area contributed by atoms with E-state index in [2.05, 4.69) is 61.2 Å². The van der Waals surface area contributed by atoms with Crippen LogP contribution in [0.3, 0.4) is 0 Å². The Morgan fingerprint density at radius 1 is 1.32 bits per heavy atom. The van der Waals surface area contributed by atoms with E-state index in [9.17, 15) is 9.90 Å². The van der Waals surface area contributed by atoms with Crippen molar-refractivity contribution in [1.29, 1.82) is 0 Å². The van der Waals surface area contributed by atoms with Crippen LogP contribution in [0.2, 0.25) is 0 Å². The van der Waals surface area contributed by atoms with Crippen molar-refractivity contribution in [1.82, 2.24) is 0 Å². The molecule has 0 amide bonds. The van der Waals surface area contributed by atoms with Crippen LogP contribution in [0.1, 0.15) is 40.0 Å². The number of rotatable bonds is 9. The molecule has 0 bridgehead atoms. The number of para-hydroxylation sites is 1. The van der Waals surface area contributed by atoms with Gasteiger partial charge in [-0.15, -0.1) is 23.5 Å². The maximum atomic E-state index is 11.2. The summed E-state index contributed by atoms with van der Waals surface area (Å²) in [4.78, 5) is 15.9. The third kappa shape index (κ3) is 5.92. The van der Waals surface area contributed by atoms with E-state index in [1.165, 1.54) is 35.5 Å². The second-order valence-corrected chi connectivity index (χ2v) is 10.5. The van der Waals surface area contributed by atoms with Gasteiger partial charge in [-0.25, -0.2) is 0 Å². The average Bonchev–Trinajstić information content (AvgIpc) is 2.92. The predicted octanol–water partition coefficient (Wildman–Crippen LogP) is 6.95.